The van der Waals surface area contributed by atoms with Gasteiger partial charge in [-0.3, -0.25) is 4.79 Å². The first-order valence-electron chi connectivity index (χ1n) is 6.11. The van der Waals surface area contributed by atoms with Crippen LogP contribution in [0.4, 0.5) is 0 Å². The average Bonchev–Trinajstić information content (AvgIpc) is 2.89. The van der Waals surface area contributed by atoms with Gasteiger partial charge in [0.25, 0.3) is 5.91 Å². The molecule has 1 aromatic carbocycles. The van der Waals surface area contributed by atoms with Crippen molar-refractivity contribution in [1.29, 1.82) is 0 Å². The van der Waals surface area contributed by atoms with Gasteiger partial charge >= 0.3 is 0 Å². The fraction of sp³-hybridized carbons (Fsp3) is 0.385. The van der Waals surface area contributed by atoms with Crippen molar-refractivity contribution in [2.45, 2.75) is 6.42 Å². The number of hydrogen-bond acceptors (Lipinski definition) is 5. The molecule has 0 atom stereocenters. The van der Waals surface area contributed by atoms with E-state index in [0.29, 0.717) is 12.1 Å². The molecule has 2 N–H and O–H groups in total. The van der Waals surface area contributed by atoms with Gasteiger partial charge in [0, 0.05) is 24.5 Å². The smallest absolute Gasteiger partial charge is 0.251 e. The Kier molecular flexibility index (Phi) is 5.62. The molecule has 19 heavy (non-hydrogen) atoms. The maximum absolute atomic E-state index is 11.9. The predicted molar refractivity (Wildman–Crippen MR) is 81.0 cm³/mol. The summed E-state index contributed by atoms with van der Waals surface area (Å²) in [5.74, 6) is 1.76. The van der Waals surface area contributed by atoms with Crippen molar-refractivity contribution in [3.63, 3.8) is 0 Å². The highest BCUT2D eigenvalue weighted by Gasteiger charge is 2.06. The second-order valence-corrected chi connectivity index (χ2v) is 6.09. The molecule has 0 saturated heterocycles. The molecular weight excluding hydrogens is 280 g/mol. The number of aromatic nitrogens is 1. The summed E-state index contributed by atoms with van der Waals surface area (Å²) in [5.41, 5.74) is 3.39. The number of benzene rings is 1. The van der Waals surface area contributed by atoms with Crippen LogP contribution in [0.25, 0.3) is 10.2 Å². The molecule has 0 bridgehead atoms. The number of fused-ring (bicyclic) bond motifs is 1. The molecule has 1 heterocycles. The largest absolute Gasteiger partial charge is 0.396 e. The molecule has 0 aliphatic carbocycles. The fourth-order valence-electron chi connectivity index (χ4n) is 1.60. The molecule has 0 aliphatic heterocycles. The minimum atomic E-state index is -0.0435. The number of carbonyl (C=O) groups excluding carboxylic acids is 1. The van der Waals surface area contributed by atoms with Crippen molar-refractivity contribution in [1.82, 2.24) is 10.3 Å². The van der Waals surface area contributed by atoms with Gasteiger partial charge in [0.15, 0.2) is 0 Å². The Morgan fingerprint density at radius 2 is 2.32 bits per heavy atom. The number of amides is 1. The third kappa shape index (κ3) is 4.19. The Bertz CT molecular complexity index is 542. The summed E-state index contributed by atoms with van der Waals surface area (Å²) in [6, 6.07) is 5.55. The van der Waals surface area contributed by atoms with Crippen LogP contribution in [0.15, 0.2) is 23.7 Å². The van der Waals surface area contributed by atoms with Gasteiger partial charge in [0.05, 0.1) is 15.7 Å². The second kappa shape index (κ2) is 7.47. The number of rotatable bonds is 7. The number of thioether (sulfide) groups is 1. The summed E-state index contributed by atoms with van der Waals surface area (Å²) in [6.45, 7) is 0.879. The first-order valence-corrected chi connectivity index (χ1v) is 8.15. The van der Waals surface area contributed by atoms with Crippen LogP contribution >= 0.6 is 23.1 Å². The molecule has 0 saturated carbocycles. The van der Waals surface area contributed by atoms with Crippen LogP contribution in [-0.4, -0.2) is 40.7 Å². The Labute approximate surface area is 120 Å². The number of nitrogens with zero attached hydrogens (tertiary/aromatic N) is 1. The van der Waals surface area contributed by atoms with Crippen LogP contribution in [0.5, 0.6) is 0 Å². The van der Waals surface area contributed by atoms with E-state index in [4.69, 9.17) is 5.11 Å². The minimum absolute atomic E-state index is 0.0435. The zero-order chi connectivity index (χ0) is 13.5. The molecule has 102 valence electrons. The summed E-state index contributed by atoms with van der Waals surface area (Å²) in [5, 5.41) is 11.5. The molecule has 0 fully saturated rings. The van der Waals surface area contributed by atoms with Crippen molar-refractivity contribution in [3.05, 3.63) is 29.3 Å². The van der Waals surface area contributed by atoms with Crippen molar-refractivity contribution in [2.24, 2.45) is 0 Å². The third-order valence-electron chi connectivity index (χ3n) is 2.57. The van der Waals surface area contributed by atoms with E-state index in [-0.39, 0.29) is 12.5 Å². The highest BCUT2D eigenvalue weighted by Crippen LogP contribution is 2.18. The van der Waals surface area contributed by atoms with Gasteiger partial charge in [-0.2, -0.15) is 11.8 Å². The van der Waals surface area contributed by atoms with Crippen LogP contribution in [-0.2, 0) is 0 Å². The van der Waals surface area contributed by atoms with Crippen LogP contribution in [0.3, 0.4) is 0 Å². The lowest BCUT2D eigenvalue weighted by Crippen LogP contribution is -2.25. The fourth-order valence-corrected chi connectivity index (χ4v) is 3.10. The summed E-state index contributed by atoms with van der Waals surface area (Å²) >= 11 is 3.27. The zero-order valence-electron chi connectivity index (χ0n) is 10.5. The van der Waals surface area contributed by atoms with Crippen molar-refractivity contribution >= 4 is 39.2 Å². The molecule has 2 aromatic rings. The molecule has 4 nitrogen and oxygen atoms in total. The first-order chi connectivity index (χ1) is 9.31. The number of thiazole rings is 1. The van der Waals surface area contributed by atoms with E-state index >= 15 is 0 Å². The number of hydrogen-bond donors (Lipinski definition) is 2. The number of nitrogens with one attached hydrogen (secondary N) is 1. The third-order valence-corrected chi connectivity index (χ3v) is 4.43. The predicted octanol–water partition coefficient (Wildman–Crippen LogP) is 2.14. The number of carbonyl (C=O) groups is 1. The lowest BCUT2D eigenvalue weighted by Gasteiger charge is -2.05. The molecule has 1 aromatic heterocycles. The van der Waals surface area contributed by atoms with Crippen LogP contribution in [0, 0.1) is 0 Å². The van der Waals surface area contributed by atoms with Crippen LogP contribution < -0.4 is 5.32 Å². The maximum atomic E-state index is 11.9. The molecule has 1 amide bonds. The molecule has 0 aliphatic rings. The molecule has 0 spiro atoms. The molecule has 0 unspecified atom stereocenters. The Morgan fingerprint density at radius 1 is 1.42 bits per heavy atom. The normalized spacial score (nSPS) is 10.8. The molecule has 2 rings (SSSR count). The quantitative estimate of drug-likeness (QED) is 0.769. The summed E-state index contributed by atoms with van der Waals surface area (Å²) in [7, 11) is 0. The number of aliphatic hydroxyl groups excluding tert-OH is 1. The second-order valence-electron chi connectivity index (χ2n) is 3.98. The lowest BCUT2D eigenvalue weighted by atomic mass is 10.2. The standard InChI is InChI=1S/C13H16N2O2S2/c16-5-1-6-18-7-4-14-13(17)10-2-3-11-12(8-10)19-9-15-11/h2-3,8-9,16H,1,4-7H2,(H,14,17). The van der Waals surface area contributed by atoms with E-state index in [1.165, 1.54) is 11.3 Å². The monoisotopic (exact) mass is 296 g/mol. The summed E-state index contributed by atoms with van der Waals surface area (Å²) in [6.07, 6.45) is 0.806. The summed E-state index contributed by atoms with van der Waals surface area (Å²) < 4.78 is 1.03. The number of aliphatic hydroxyl groups is 1. The van der Waals surface area contributed by atoms with Gasteiger partial charge in [0.1, 0.15) is 0 Å². The minimum Gasteiger partial charge on any atom is -0.396 e. The van der Waals surface area contributed by atoms with E-state index in [2.05, 4.69) is 10.3 Å². The zero-order valence-corrected chi connectivity index (χ0v) is 12.1. The van der Waals surface area contributed by atoms with Crippen molar-refractivity contribution in [2.75, 3.05) is 24.7 Å². The highest BCUT2D eigenvalue weighted by molar-refractivity contribution is 7.99. The summed E-state index contributed by atoms with van der Waals surface area (Å²) in [4.78, 5) is 16.1. The lowest BCUT2D eigenvalue weighted by molar-refractivity contribution is 0.0956. The average molecular weight is 296 g/mol. The van der Waals surface area contributed by atoms with E-state index < -0.39 is 0 Å². The maximum Gasteiger partial charge on any atom is 0.251 e. The van der Waals surface area contributed by atoms with Gasteiger partial charge in [-0.25, -0.2) is 4.98 Å². The van der Waals surface area contributed by atoms with Crippen molar-refractivity contribution < 1.29 is 9.90 Å². The van der Waals surface area contributed by atoms with Gasteiger partial charge < -0.3 is 10.4 Å². The Balaban J connectivity index is 1.79. The SMILES string of the molecule is O=C(NCCSCCCO)c1ccc2ncsc2c1. The van der Waals surface area contributed by atoms with E-state index in [0.717, 1.165) is 28.1 Å². The topological polar surface area (TPSA) is 62.2 Å². The van der Waals surface area contributed by atoms with Gasteiger partial charge in [-0.05, 0) is 30.4 Å². The Hall–Kier alpha value is -1.11. The van der Waals surface area contributed by atoms with Gasteiger partial charge in [-0.15, -0.1) is 11.3 Å². The van der Waals surface area contributed by atoms with Crippen molar-refractivity contribution in [3.8, 4) is 0 Å². The molecular formula is C13H16N2O2S2. The van der Waals surface area contributed by atoms with E-state index in [9.17, 15) is 4.79 Å². The van der Waals surface area contributed by atoms with Crippen LogP contribution in [0.1, 0.15) is 16.8 Å². The van der Waals surface area contributed by atoms with Gasteiger partial charge in [0.2, 0.25) is 0 Å². The van der Waals surface area contributed by atoms with Gasteiger partial charge in [-0.1, -0.05) is 0 Å². The highest BCUT2D eigenvalue weighted by atomic mass is 32.2. The Morgan fingerprint density at radius 3 is 3.16 bits per heavy atom. The van der Waals surface area contributed by atoms with E-state index in [1.54, 1.807) is 23.3 Å². The van der Waals surface area contributed by atoms with Crippen LogP contribution in [0.2, 0.25) is 0 Å². The molecule has 0 radical (unpaired) electrons. The molecule has 6 heteroatoms. The van der Waals surface area contributed by atoms with E-state index in [1.807, 2.05) is 12.1 Å². The first kappa shape index (κ1) is 14.3.